The van der Waals surface area contributed by atoms with E-state index in [0.717, 1.165) is 35.1 Å². The molecule has 0 aromatic heterocycles. The van der Waals surface area contributed by atoms with E-state index >= 15 is 0 Å². The molecule has 0 bridgehead atoms. The van der Waals surface area contributed by atoms with Crippen LogP contribution in [0.2, 0.25) is 0 Å². The average molecular weight is 439 g/mol. The van der Waals surface area contributed by atoms with Crippen molar-refractivity contribution >= 4 is 11.8 Å². The topological polar surface area (TPSA) is 71.1 Å². The second-order valence-corrected chi connectivity index (χ2v) is 8.36. The van der Waals surface area contributed by atoms with Gasteiger partial charge in [-0.25, -0.2) is 0 Å². The van der Waals surface area contributed by atoms with Crippen LogP contribution >= 0.6 is 0 Å². The van der Waals surface area contributed by atoms with Crippen LogP contribution in [0.15, 0.2) is 30.3 Å². The highest BCUT2D eigenvalue weighted by molar-refractivity contribution is 6.02. The summed E-state index contributed by atoms with van der Waals surface area (Å²) in [5.41, 5.74) is 3.57. The van der Waals surface area contributed by atoms with Crippen molar-refractivity contribution in [3.05, 3.63) is 41.5 Å². The molecule has 0 amide bonds. The molecule has 0 heterocycles. The van der Waals surface area contributed by atoms with Crippen LogP contribution in [-0.2, 0) is 16.0 Å². The van der Waals surface area contributed by atoms with Gasteiger partial charge in [0.15, 0.2) is 17.3 Å². The van der Waals surface area contributed by atoms with Gasteiger partial charge in [0.2, 0.25) is 5.75 Å². The summed E-state index contributed by atoms with van der Waals surface area (Å²) in [5.74, 6) is 2.00. The number of methoxy groups -OCH3 is 2. The maximum atomic E-state index is 12.2. The molecule has 4 rings (SSSR count). The number of hydrogen-bond donors (Lipinski definition) is 0. The van der Waals surface area contributed by atoms with Gasteiger partial charge in [-0.05, 0) is 48.4 Å². The van der Waals surface area contributed by atoms with E-state index in [4.69, 9.17) is 18.9 Å². The lowest BCUT2D eigenvalue weighted by atomic mass is 9.95. The molecule has 0 unspecified atom stereocenters. The Labute approximate surface area is 188 Å². The lowest BCUT2D eigenvalue weighted by molar-refractivity contribution is -0.145. The zero-order valence-electron chi connectivity index (χ0n) is 18.8. The molecule has 1 fully saturated rings. The molecule has 2 aliphatic rings. The van der Waals surface area contributed by atoms with Crippen molar-refractivity contribution in [1.82, 2.24) is 0 Å². The largest absolute Gasteiger partial charge is 0.493 e. The van der Waals surface area contributed by atoms with Crippen molar-refractivity contribution in [2.45, 2.75) is 44.9 Å². The zero-order chi connectivity index (χ0) is 22.5. The number of ether oxygens (including phenoxy) is 4. The highest BCUT2D eigenvalue weighted by Crippen LogP contribution is 2.46. The molecule has 32 heavy (non-hydrogen) atoms. The fourth-order valence-corrected chi connectivity index (χ4v) is 4.81. The lowest BCUT2D eigenvalue weighted by Gasteiger charge is -2.19. The molecule has 6 nitrogen and oxygen atoms in total. The maximum absolute atomic E-state index is 12.2. The van der Waals surface area contributed by atoms with Crippen molar-refractivity contribution < 1.29 is 28.5 Å². The van der Waals surface area contributed by atoms with Gasteiger partial charge in [0.25, 0.3) is 0 Å². The Morgan fingerprint density at radius 3 is 2.44 bits per heavy atom. The number of esters is 1. The standard InChI is InChI=1S/C26H30O6/c1-29-23-13-11-21(18-8-5-9-20-19(18)10-12-22(20)27)25(26(23)30-2)32-15-14-31-24(28)16-17-6-3-4-7-17/h5,8-9,11,13,17H,3-4,6-7,10,12,14-16H2,1-2H3. The molecule has 2 aromatic rings. The third-order valence-electron chi connectivity index (χ3n) is 6.39. The van der Waals surface area contributed by atoms with Gasteiger partial charge < -0.3 is 18.9 Å². The monoisotopic (exact) mass is 438 g/mol. The minimum atomic E-state index is -0.169. The lowest BCUT2D eigenvalue weighted by Crippen LogP contribution is -2.15. The molecule has 170 valence electrons. The van der Waals surface area contributed by atoms with Crippen molar-refractivity contribution in [3.8, 4) is 28.4 Å². The average Bonchev–Trinajstić information content (AvgIpc) is 3.46. The number of carbonyl (C=O) groups excluding carboxylic acids is 2. The summed E-state index contributed by atoms with van der Waals surface area (Å²) in [6.07, 6.45) is 6.34. The first-order valence-corrected chi connectivity index (χ1v) is 11.3. The van der Waals surface area contributed by atoms with E-state index in [-0.39, 0.29) is 25.0 Å². The van der Waals surface area contributed by atoms with Crippen molar-refractivity contribution in [2.24, 2.45) is 5.92 Å². The Morgan fingerprint density at radius 1 is 0.906 bits per heavy atom. The quantitative estimate of drug-likeness (QED) is 0.405. The van der Waals surface area contributed by atoms with Crippen LogP contribution in [0.25, 0.3) is 11.1 Å². The summed E-state index contributed by atoms with van der Waals surface area (Å²) < 4.78 is 22.6. The molecule has 0 atom stereocenters. The Hall–Kier alpha value is -3.02. The highest BCUT2D eigenvalue weighted by Gasteiger charge is 2.26. The van der Waals surface area contributed by atoms with Gasteiger partial charge in [0.05, 0.1) is 14.2 Å². The van der Waals surface area contributed by atoms with E-state index in [2.05, 4.69) is 0 Å². The minimum absolute atomic E-state index is 0.163. The van der Waals surface area contributed by atoms with Crippen LogP contribution in [0.4, 0.5) is 0 Å². The third-order valence-corrected chi connectivity index (χ3v) is 6.39. The molecular weight excluding hydrogens is 408 g/mol. The summed E-state index contributed by atoms with van der Waals surface area (Å²) >= 11 is 0. The summed E-state index contributed by atoms with van der Waals surface area (Å²) in [4.78, 5) is 24.4. The van der Waals surface area contributed by atoms with Crippen LogP contribution in [0, 0.1) is 5.92 Å². The summed E-state index contributed by atoms with van der Waals surface area (Å²) in [6.45, 7) is 0.359. The minimum Gasteiger partial charge on any atom is -0.493 e. The predicted octanol–water partition coefficient (Wildman–Crippen LogP) is 5.00. The van der Waals surface area contributed by atoms with Crippen LogP contribution in [0.5, 0.6) is 17.2 Å². The molecule has 1 saturated carbocycles. The molecule has 2 aromatic carbocycles. The molecule has 0 N–H and O–H groups in total. The predicted molar refractivity (Wildman–Crippen MR) is 121 cm³/mol. The Balaban J connectivity index is 1.53. The first-order chi connectivity index (χ1) is 15.6. The smallest absolute Gasteiger partial charge is 0.306 e. The van der Waals surface area contributed by atoms with Gasteiger partial charge in [0.1, 0.15) is 13.2 Å². The van der Waals surface area contributed by atoms with E-state index in [0.29, 0.717) is 42.4 Å². The van der Waals surface area contributed by atoms with Crippen LogP contribution in [-0.4, -0.2) is 39.2 Å². The fourth-order valence-electron chi connectivity index (χ4n) is 4.81. The third kappa shape index (κ3) is 4.59. The summed E-state index contributed by atoms with van der Waals surface area (Å²) in [7, 11) is 3.14. The molecular formula is C26H30O6. The Kier molecular flexibility index (Phi) is 6.98. The zero-order valence-corrected chi connectivity index (χ0v) is 18.8. The van der Waals surface area contributed by atoms with E-state index < -0.39 is 0 Å². The number of benzene rings is 2. The van der Waals surface area contributed by atoms with Crippen LogP contribution in [0.3, 0.4) is 0 Å². The Bertz CT molecular complexity index is 990. The van der Waals surface area contributed by atoms with E-state index in [1.807, 2.05) is 30.3 Å². The van der Waals surface area contributed by atoms with Gasteiger partial charge in [-0.3, -0.25) is 9.59 Å². The normalized spacial score (nSPS) is 15.5. The molecule has 0 radical (unpaired) electrons. The number of Topliss-reactive ketones (excluding diaryl/α,β-unsaturated/α-hetero) is 1. The van der Waals surface area contributed by atoms with Gasteiger partial charge in [-0.2, -0.15) is 0 Å². The van der Waals surface area contributed by atoms with E-state index in [9.17, 15) is 9.59 Å². The van der Waals surface area contributed by atoms with Gasteiger partial charge in [-0.15, -0.1) is 0 Å². The summed E-state index contributed by atoms with van der Waals surface area (Å²) in [5, 5.41) is 0. The number of fused-ring (bicyclic) bond motifs is 1. The highest BCUT2D eigenvalue weighted by atomic mass is 16.6. The van der Waals surface area contributed by atoms with E-state index in [1.165, 1.54) is 12.8 Å². The van der Waals surface area contributed by atoms with Gasteiger partial charge in [0, 0.05) is 24.0 Å². The summed E-state index contributed by atoms with van der Waals surface area (Å²) in [6, 6.07) is 9.51. The van der Waals surface area contributed by atoms with Crippen molar-refractivity contribution in [3.63, 3.8) is 0 Å². The van der Waals surface area contributed by atoms with Crippen molar-refractivity contribution in [2.75, 3.05) is 27.4 Å². The van der Waals surface area contributed by atoms with E-state index in [1.54, 1.807) is 14.2 Å². The second kappa shape index (κ2) is 10.1. The SMILES string of the molecule is COc1ccc(-c2cccc3c2CCC3=O)c(OCCOC(=O)CC2CCCC2)c1OC. The van der Waals surface area contributed by atoms with Gasteiger partial charge >= 0.3 is 5.97 Å². The first kappa shape index (κ1) is 22.2. The number of hydrogen-bond acceptors (Lipinski definition) is 6. The fraction of sp³-hybridized carbons (Fsp3) is 0.462. The number of ketones is 1. The van der Waals surface area contributed by atoms with Crippen LogP contribution in [0.1, 0.15) is 54.4 Å². The second-order valence-electron chi connectivity index (χ2n) is 8.36. The molecule has 0 aliphatic heterocycles. The van der Waals surface area contributed by atoms with Gasteiger partial charge in [-0.1, -0.05) is 31.0 Å². The van der Waals surface area contributed by atoms with Crippen molar-refractivity contribution in [1.29, 1.82) is 0 Å². The number of carbonyl (C=O) groups is 2. The molecule has 0 saturated heterocycles. The molecule has 2 aliphatic carbocycles. The molecule has 0 spiro atoms. The maximum Gasteiger partial charge on any atom is 0.306 e. The van der Waals surface area contributed by atoms with Crippen LogP contribution < -0.4 is 14.2 Å². The molecule has 6 heteroatoms. The first-order valence-electron chi connectivity index (χ1n) is 11.3. The Morgan fingerprint density at radius 2 is 1.69 bits per heavy atom. The number of rotatable bonds is 9.